The lowest BCUT2D eigenvalue weighted by molar-refractivity contribution is -0.124. The van der Waals surface area contributed by atoms with Gasteiger partial charge in [-0.15, -0.1) is 0 Å². The molecule has 1 aliphatic rings. The van der Waals surface area contributed by atoms with Gasteiger partial charge < -0.3 is 15.1 Å². The quantitative estimate of drug-likeness (QED) is 0.903. The van der Waals surface area contributed by atoms with E-state index in [9.17, 15) is 4.79 Å². The lowest BCUT2D eigenvalue weighted by Crippen LogP contribution is -2.48. The first-order chi connectivity index (χ1) is 10.1. The highest BCUT2D eigenvalue weighted by Crippen LogP contribution is 2.17. The molecule has 0 spiro atoms. The van der Waals surface area contributed by atoms with Gasteiger partial charge in [-0.3, -0.25) is 4.79 Å². The van der Waals surface area contributed by atoms with E-state index < -0.39 is 0 Å². The summed E-state index contributed by atoms with van der Waals surface area (Å²) < 4.78 is 5.44. The van der Waals surface area contributed by atoms with Gasteiger partial charge >= 0.3 is 0 Å². The predicted molar refractivity (Wildman–Crippen MR) is 78.6 cm³/mol. The summed E-state index contributed by atoms with van der Waals surface area (Å²) in [5.41, 5.74) is 2.49. The molecule has 0 aliphatic carbocycles. The van der Waals surface area contributed by atoms with Crippen LogP contribution in [0.25, 0.3) is 0 Å². The molecule has 2 heterocycles. The van der Waals surface area contributed by atoms with Gasteiger partial charge in [0.25, 0.3) is 0 Å². The van der Waals surface area contributed by atoms with Crippen molar-refractivity contribution in [2.45, 2.75) is 38.9 Å². The van der Waals surface area contributed by atoms with Crippen LogP contribution in [-0.2, 0) is 17.8 Å². The van der Waals surface area contributed by atoms with Crippen molar-refractivity contribution in [1.29, 1.82) is 0 Å². The zero-order chi connectivity index (χ0) is 14.8. The van der Waals surface area contributed by atoms with Gasteiger partial charge in [-0.2, -0.15) is 0 Å². The average molecular weight is 285 g/mol. The third-order valence-electron chi connectivity index (χ3n) is 3.77. The van der Waals surface area contributed by atoms with Crippen LogP contribution in [0.5, 0.6) is 0 Å². The Balaban J connectivity index is 1.64. The average Bonchev–Trinajstić information content (AvgIpc) is 2.93. The molecule has 1 aromatic heterocycles. The second-order valence-corrected chi connectivity index (χ2v) is 5.45. The van der Waals surface area contributed by atoms with Gasteiger partial charge in [0.05, 0.1) is 12.2 Å². The molecule has 21 heavy (non-hydrogen) atoms. The summed E-state index contributed by atoms with van der Waals surface area (Å²) >= 11 is 0. The van der Waals surface area contributed by atoms with E-state index >= 15 is 0 Å². The Morgan fingerprint density at radius 2 is 2.19 bits per heavy atom. The topological polar surface area (TPSA) is 67.2 Å². The molecular formula is C16H19N3O2. The molecule has 0 saturated heterocycles. The monoisotopic (exact) mass is 285 g/mol. The molecule has 0 bridgehead atoms. The summed E-state index contributed by atoms with van der Waals surface area (Å²) in [5, 5.41) is 6.23. The molecule has 5 heteroatoms. The van der Waals surface area contributed by atoms with Gasteiger partial charge in [-0.25, -0.2) is 4.98 Å². The van der Waals surface area contributed by atoms with Crippen LogP contribution in [0.2, 0.25) is 0 Å². The lowest BCUT2D eigenvalue weighted by atomic mass is 9.95. The number of aryl methyl sites for hydroxylation is 1. The number of benzene rings is 1. The summed E-state index contributed by atoms with van der Waals surface area (Å²) in [6.07, 6.45) is 2.37. The maximum atomic E-state index is 12.4. The standard InChI is InChI=1S/C16H19N3O2/c1-10-8-18-16(21-10)11(2)19-15(20)14-7-12-5-3-4-6-13(12)9-17-14/h3-6,8,11,14,17H,7,9H2,1-2H3,(H,19,20). The van der Waals surface area contributed by atoms with Crippen molar-refractivity contribution in [1.82, 2.24) is 15.6 Å². The molecule has 2 unspecified atom stereocenters. The molecule has 1 aromatic carbocycles. The molecule has 1 aliphatic heterocycles. The number of carbonyl (C=O) groups excluding carboxylic acids is 1. The predicted octanol–water partition coefficient (Wildman–Crippen LogP) is 1.87. The number of fused-ring (bicyclic) bond motifs is 1. The summed E-state index contributed by atoms with van der Waals surface area (Å²) in [6, 6.07) is 7.76. The maximum Gasteiger partial charge on any atom is 0.238 e. The Morgan fingerprint density at radius 1 is 1.43 bits per heavy atom. The second-order valence-electron chi connectivity index (χ2n) is 5.45. The van der Waals surface area contributed by atoms with Gasteiger partial charge in [0.1, 0.15) is 11.8 Å². The van der Waals surface area contributed by atoms with Crippen molar-refractivity contribution in [3.05, 3.63) is 53.2 Å². The smallest absolute Gasteiger partial charge is 0.238 e. The highest BCUT2D eigenvalue weighted by atomic mass is 16.4. The normalized spacial score (nSPS) is 18.9. The van der Waals surface area contributed by atoms with Crippen molar-refractivity contribution in [2.75, 3.05) is 0 Å². The van der Waals surface area contributed by atoms with Crippen molar-refractivity contribution < 1.29 is 9.21 Å². The van der Waals surface area contributed by atoms with Gasteiger partial charge in [0.2, 0.25) is 11.8 Å². The third kappa shape index (κ3) is 2.97. The van der Waals surface area contributed by atoms with Crippen LogP contribution in [0, 0.1) is 6.92 Å². The molecule has 0 fully saturated rings. The Morgan fingerprint density at radius 3 is 2.90 bits per heavy atom. The molecule has 3 rings (SSSR count). The number of nitrogens with one attached hydrogen (secondary N) is 2. The summed E-state index contributed by atoms with van der Waals surface area (Å²) in [4.78, 5) is 16.5. The van der Waals surface area contributed by atoms with Crippen LogP contribution in [-0.4, -0.2) is 16.9 Å². The van der Waals surface area contributed by atoms with E-state index in [2.05, 4.69) is 27.8 Å². The molecule has 5 nitrogen and oxygen atoms in total. The number of hydrogen-bond acceptors (Lipinski definition) is 4. The maximum absolute atomic E-state index is 12.4. The number of rotatable bonds is 3. The number of amides is 1. The summed E-state index contributed by atoms with van der Waals surface area (Å²) in [7, 11) is 0. The zero-order valence-electron chi connectivity index (χ0n) is 12.2. The third-order valence-corrected chi connectivity index (χ3v) is 3.77. The van der Waals surface area contributed by atoms with Crippen molar-refractivity contribution in [2.24, 2.45) is 0 Å². The van der Waals surface area contributed by atoms with Crippen molar-refractivity contribution >= 4 is 5.91 Å². The molecular weight excluding hydrogens is 266 g/mol. The SMILES string of the molecule is Cc1cnc(C(C)NC(=O)C2Cc3ccccc3CN2)o1. The first kappa shape index (κ1) is 13.8. The Hall–Kier alpha value is -2.14. The molecule has 0 saturated carbocycles. The van der Waals surface area contributed by atoms with Gasteiger partial charge in [0.15, 0.2) is 0 Å². The van der Waals surface area contributed by atoms with Crippen molar-refractivity contribution in [3.8, 4) is 0 Å². The molecule has 0 radical (unpaired) electrons. The Bertz CT molecular complexity index is 650. The van der Waals surface area contributed by atoms with E-state index in [4.69, 9.17) is 4.42 Å². The zero-order valence-corrected chi connectivity index (χ0v) is 12.2. The fraction of sp³-hybridized carbons (Fsp3) is 0.375. The molecule has 110 valence electrons. The van der Waals surface area contributed by atoms with E-state index in [1.54, 1.807) is 6.20 Å². The van der Waals surface area contributed by atoms with Gasteiger partial charge in [-0.05, 0) is 31.4 Å². The minimum atomic E-state index is -0.231. The van der Waals surface area contributed by atoms with E-state index in [-0.39, 0.29) is 18.0 Å². The highest BCUT2D eigenvalue weighted by Gasteiger charge is 2.25. The van der Waals surface area contributed by atoms with Crippen LogP contribution in [0.1, 0.15) is 35.7 Å². The van der Waals surface area contributed by atoms with E-state index in [0.717, 1.165) is 12.3 Å². The molecule has 2 aromatic rings. The summed E-state index contributed by atoms with van der Waals surface area (Å²) in [5.74, 6) is 1.26. The van der Waals surface area contributed by atoms with Gasteiger partial charge in [-0.1, -0.05) is 24.3 Å². The minimum Gasteiger partial charge on any atom is -0.444 e. The Labute approximate surface area is 123 Å². The number of oxazole rings is 1. The lowest BCUT2D eigenvalue weighted by Gasteiger charge is -2.26. The van der Waals surface area contributed by atoms with E-state index in [0.29, 0.717) is 12.3 Å². The van der Waals surface area contributed by atoms with Gasteiger partial charge in [0, 0.05) is 6.54 Å². The Kier molecular flexibility index (Phi) is 3.75. The minimum absolute atomic E-state index is 0.0205. The number of aromatic nitrogens is 1. The number of nitrogens with zero attached hydrogens (tertiary/aromatic N) is 1. The molecule has 2 N–H and O–H groups in total. The van der Waals surface area contributed by atoms with Crippen LogP contribution in [0.15, 0.2) is 34.9 Å². The van der Waals surface area contributed by atoms with Crippen LogP contribution >= 0.6 is 0 Å². The fourth-order valence-electron chi connectivity index (χ4n) is 2.59. The van der Waals surface area contributed by atoms with E-state index in [1.165, 1.54) is 11.1 Å². The molecule has 1 amide bonds. The highest BCUT2D eigenvalue weighted by molar-refractivity contribution is 5.82. The number of carbonyl (C=O) groups is 1. The second kappa shape index (κ2) is 5.69. The summed E-state index contributed by atoms with van der Waals surface area (Å²) in [6.45, 7) is 4.44. The van der Waals surface area contributed by atoms with Crippen LogP contribution < -0.4 is 10.6 Å². The first-order valence-corrected chi connectivity index (χ1v) is 7.16. The molecule has 2 atom stereocenters. The first-order valence-electron chi connectivity index (χ1n) is 7.16. The largest absolute Gasteiger partial charge is 0.444 e. The number of hydrogen-bond donors (Lipinski definition) is 2. The van der Waals surface area contributed by atoms with Crippen molar-refractivity contribution in [3.63, 3.8) is 0 Å². The fourth-order valence-corrected chi connectivity index (χ4v) is 2.59. The van der Waals surface area contributed by atoms with E-state index in [1.807, 2.05) is 26.0 Å². The van der Waals surface area contributed by atoms with Crippen LogP contribution in [0.3, 0.4) is 0 Å². The van der Waals surface area contributed by atoms with Crippen LogP contribution in [0.4, 0.5) is 0 Å².